The topological polar surface area (TPSA) is 55.0 Å². The number of anilines is 2. The molecule has 1 saturated heterocycles. The van der Waals surface area contributed by atoms with Gasteiger partial charge in [0.05, 0.1) is 5.69 Å². The molecular weight excluding hydrogens is 200 g/mol. The van der Waals surface area contributed by atoms with Crippen LogP contribution in [0.15, 0.2) is 0 Å². The molecule has 1 aliphatic carbocycles. The Kier molecular flexibility index (Phi) is 2.23. The minimum Gasteiger partial charge on any atom is -0.368 e. The summed E-state index contributed by atoms with van der Waals surface area (Å²) in [6.07, 6.45) is 5.91. The molecule has 0 bridgehead atoms. The van der Waals surface area contributed by atoms with Crippen LogP contribution in [0.25, 0.3) is 0 Å². The first-order valence-electron chi connectivity index (χ1n) is 6.17. The molecule has 1 atom stereocenters. The van der Waals surface area contributed by atoms with E-state index in [1.54, 1.807) is 0 Å². The molecule has 16 heavy (non-hydrogen) atoms. The van der Waals surface area contributed by atoms with E-state index in [9.17, 15) is 0 Å². The maximum absolute atomic E-state index is 5.80. The molecule has 86 valence electrons. The van der Waals surface area contributed by atoms with Gasteiger partial charge in [-0.1, -0.05) is 0 Å². The highest BCUT2D eigenvalue weighted by Gasteiger charge is 2.27. The molecule has 1 aromatic heterocycles. The standard InChI is InChI=1S/C12H18N4/c1-8-4-3-7-16(8)11-9-5-2-6-10(9)14-12(13)15-11/h8H,2-7H2,1H3,(H2,13,14,15). The molecule has 4 heteroatoms. The maximum Gasteiger partial charge on any atom is 0.222 e. The zero-order valence-electron chi connectivity index (χ0n) is 9.74. The van der Waals surface area contributed by atoms with Crippen molar-refractivity contribution in [3.8, 4) is 0 Å². The van der Waals surface area contributed by atoms with Crippen molar-refractivity contribution in [2.24, 2.45) is 0 Å². The Morgan fingerprint density at radius 2 is 2.12 bits per heavy atom. The smallest absolute Gasteiger partial charge is 0.222 e. The average molecular weight is 218 g/mol. The van der Waals surface area contributed by atoms with E-state index < -0.39 is 0 Å². The predicted molar refractivity (Wildman–Crippen MR) is 64.5 cm³/mol. The molecule has 0 aromatic carbocycles. The third-order valence-corrected chi connectivity index (χ3v) is 3.75. The number of nitrogen functional groups attached to an aromatic ring is 1. The van der Waals surface area contributed by atoms with E-state index in [1.807, 2.05) is 0 Å². The highest BCUT2D eigenvalue weighted by Crippen LogP contribution is 2.33. The van der Waals surface area contributed by atoms with Crippen molar-refractivity contribution in [3.05, 3.63) is 11.3 Å². The molecule has 0 radical (unpaired) electrons. The van der Waals surface area contributed by atoms with Crippen LogP contribution in [0.1, 0.15) is 37.4 Å². The Balaban J connectivity index is 2.06. The van der Waals surface area contributed by atoms with Crippen molar-refractivity contribution in [1.82, 2.24) is 9.97 Å². The Bertz CT molecular complexity index is 416. The van der Waals surface area contributed by atoms with Gasteiger partial charge in [0.25, 0.3) is 0 Å². The van der Waals surface area contributed by atoms with Crippen molar-refractivity contribution in [2.45, 2.75) is 45.1 Å². The normalized spacial score (nSPS) is 23.8. The number of hydrogen-bond donors (Lipinski definition) is 1. The SMILES string of the molecule is CC1CCCN1c1nc(N)nc2c1CCC2. The molecule has 1 unspecified atom stereocenters. The van der Waals surface area contributed by atoms with Gasteiger partial charge in [-0.05, 0) is 39.0 Å². The fourth-order valence-corrected chi connectivity index (χ4v) is 2.92. The highest BCUT2D eigenvalue weighted by molar-refractivity contribution is 5.54. The molecule has 2 N–H and O–H groups in total. The minimum atomic E-state index is 0.440. The number of aromatic nitrogens is 2. The lowest BCUT2D eigenvalue weighted by molar-refractivity contribution is 0.722. The summed E-state index contributed by atoms with van der Waals surface area (Å²) in [6.45, 7) is 3.39. The third kappa shape index (κ3) is 1.44. The number of hydrogen-bond acceptors (Lipinski definition) is 4. The number of fused-ring (bicyclic) bond motifs is 1. The lowest BCUT2D eigenvalue weighted by Gasteiger charge is -2.24. The minimum absolute atomic E-state index is 0.440. The second-order valence-electron chi connectivity index (χ2n) is 4.87. The molecule has 1 aliphatic heterocycles. The summed E-state index contributed by atoms with van der Waals surface area (Å²) in [4.78, 5) is 11.2. The van der Waals surface area contributed by atoms with E-state index in [-0.39, 0.29) is 0 Å². The number of rotatable bonds is 1. The van der Waals surface area contributed by atoms with Crippen molar-refractivity contribution < 1.29 is 0 Å². The number of aryl methyl sites for hydroxylation is 1. The van der Waals surface area contributed by atoms with Crippen LogP contribution in [-0.2, 0) is 12.8 Å². The zero-order chi connectivity index (χ0) is 11.1. The summed E-state index contributed by atoms with van der Waals surface area (Å²) in [6, 6.07) is 0.596. The first-order valence-corrected chi connectivity index (χ1v) is 6.17. The molecule has 1 aromatic rings. The van der Waals surface area contributed by atoms with Crippen LogP contribution < -0.4 is 10.6 Å². The molecule has 0 saturated carbocycles. The van der Waals surface area contributed by atoms with Gasteiger partial charge in [0.2, 0.25) is 5.95 Å². The Morgan fingerprint density at radius 3 is 2.88 bits per heavy atom. The van der Waals surface area contributed by atoms with Gasteiger partial charge in [0.15, 0.2) is 0 Å². The van der Waals surface area contributed by atoms with Gasteiger partial charge in [0.1, 0.15) is 5.82 Å². The van der Waals surface area contributed by atoms with E-state index >= 15 is 0 Å². The van der Waals surface area contributed by atoms with E-state index in [2.05, 4.69) is 21.8 Å². The van der Waals surface area contributed by atoms with Crippen LogP contribution in [0.2, 0.25) is 0 Å². The van der Waals surface area contributed by atoms with E-state index in [4.69, 9.17) is 5.73 Å². The number of nitrogens with zero attached hydrogens (tertiary/aromatic N) is 3. The summed E-state index contributed by atoms with van der Waals surface area (Å²) >= 11 is 0. The lowest BCUT2D eigenvalue weighted by atomic mass is 10.2. The maximum atomic E-state index is 5.80. The van der Waals surface area contributed by atoms with Crippen molar-refractivity contribution in [2.75, 3.05) is 17.2 Å². The molecule has 1 fully saturated rings. The molecule has 4 nitrogen and oxygen atoms in total. The second kappa shape index (κ2) is 3.61. The van der Waals surface area contributed by atoms with Crippen LogP contribution in [0.5, 0.6) is 0 Å². The van der Waals surface area contributed by atoms with Crippen LogP contribution in [0.3, 0.4) is 0 Å². The molecule has 3 rings (SSSR count). The highest BCUT2D eigenvalue weighted by atomic mass is 15.2. The summed E-state index contributed by atoms with van der Waals surface area (Å²) in [5, 5.41) is 0. The van der Waals surface area contributed by atoms with Gasteiger partial charge in [-0.15, -0.1) is 0 Å². The van der Waals surface area contributed by atoms with Crippen molar-refractivity contribution in [3.63, 3.8) is 0 Å². The van der Waals surface area contributed by atoms with Gasteiger partial charge in [-0.2, -0.15) is 4.98 Å². The average Bonchev–Trinajstić information content (AvgIpc) is 2.84. The third-order valence-electron chi connectivity index (χ3n) is 3.75. The quantitative estimate of drug-likeness (QED) is 0.776. The Hall–Kier alpha value is -1.32. The summed E-state index contributed by atoms with van der Waals surface area (Å²) < 4.78 is 0. The van der Waals surface area contributed by atoms with Gasteiger partial charge < -0.3 is 10.6 Å². The zero-order valence-corrected chi connectivity index (χ0v) is 9.74. The lowest BCUT2D eigenvalue weighted by Crippen LogP contribution is -2.28. The molecular formula is C12H18N4. The largest absolute Gasteiger partial charge is 0.368 e. The van der Waals surface area contributed by atoms with Crippen LogP contribution >= 0.6 is 0 Å². The van der Waals surface area contributed by atoms with Gasteiger partial charge in [-0.3, -0.25) is 0 Å². The number of nitrogens with two attached hydrogens (primary N) is 1. The van der Waals surface area contributed by atoms with Crippen LogP contribution in [0.4, 0.5) is 11.8 Å². The summed E-state index contributed by atoms with van der Waals surface area (Å²) in [7, 11) is 0. The van der Waals surface area contributed by atoms with Gasteiger partial charge in [-0.25, -0.2) is 4.98 Å². The molecule has 2 aliphatic rings. The Labute approximate surface area is 95.9 Å². The summed E-state index contributed by atoms with van der Waals surface area (Å²) in [5.74, 6) is 1.56. The monoisotopic (exact) mass is 218 g/mol. The van der Waals surface area contributed by atoms with Crippen LogP contribution in [0, 0.1) is 0 Å². The van der Waals surface area contributed by atoms with Crippen molar-refractivity contribution >= 4 is 11.8 Å². The van der Waals surface area contributed by atoms with Crippen LogP contribution in [-0.4, -0.2) is 22.6 Å². The molecule has 2 heterocycles. The van der Waals surface area contributed by atoms with Gasteiger partial charge in [0, 0.05) is 18.2 Å². The summed E-state index contributed by atoms with van der Waals surface area (Å²) in [5.41, 5.74) is 8.33. The van der Waals surface area contributed by atoms with E-state index in [0.717, 1.165) is 25.2 Å². The predicted octanol–water partition coefficient (Wildman–Crippen LogP) is 1.54. The fourth-order valence-electron chi connectivity index (χ4n) is 2.92. The Morgan fingerprint density at radius 1 is 1.25 bits per heavy atom. The fraction of sp³-hybridized carbons (Fsp3) is 0.667. The second-order valence-corrected chi connectivity index (χ2v) is 4.87. The molecule has 0 amide bonds. The first-order chi connectivity index (χ1) is 7.75. The van der Waals surface area contributed by atoms with E-state index in [1.165, 1.54) is 30.5 Å². The van der Waals surface area contributed by atoms with E-state index in [0.29, 0.717) is 12.0 Å². The first kappa shape index (κ1) is 9.87. The van der Waals surface area contributed by atoms with Gasteiger partial charge >= 0.3 is 0 Å². The molecule has 0 spiro atoms. The van der Waals surface area contributed by atoms with Crippen molar-refractivity contribution in [1.29, 1.82) is 0 Å².